The normalized spacial score (nSPS) is 25.9. The van der Waals surface area contributed by atoms with Crippen LogP contribution >= 0.6 is 0 Å². The van der Waals surface area contributed by atoms with Crippen LogP contribution in [0.25, 0.3) is 0 Å². The molecule has 2 rings (SSSR count). The molecule has 0 bridgehead atoms. The highest BCUT2D eigenvalue weighted by atomic mass is 32.2. The molecule has 15 heavy (non-hydrogen) atoms. The van der Waals surface area contributed by atoms with E-state index >= 15 is 0 Å². The molecule has 0 aromatic carbocycles. The Bertz CT molecular complexity index is 452. The van der Waals surface area contributed by atoms with Crippen LogP contribution in [-0.4, -0.2) is 34.3 Å². The smallest absolute Gasteiger partial charge is 0.214 e. The topological polar surface area (TPSA) is 55.2 Å². The molecule has 84 valence electrons. The van der Waals surface area contributed by atoms with Crippen molar-refractivity contribution >= 4 is 10.0 Å². The molecule has 0 amide bonds. The van der Waals surface area contributed by atoms with E-state index in [1.165, 1.54) is 4.31 Å². The largest absolute Gasteiger partial charge is 0.276 e. The molecule has 1 aromatic heterocycles. The first kappa shape index (κ1) is 10.6. The van der Waals surface area contributed by atoms with Crippen molar-refractivity contribution in [1.29, 1.82) is 0 Å². The van der Waals surface area contributed by atoms with Crippen molar-refractivity contribution < 1.29 is 8.42 Å². The Morgan fingerprint density at radius 3 is 2.80 bits per heavy atom. The minimum atomic E-state index is -3.04. The van der Waals surface area contributed by atoms with E-state index in [0.29, 0.717) is 6.54 Å². The molecular weight excluding hydrogens is 214 g/mol. The molecule has 0 spiro atoms. The van der Waals surface area contributed by atoms with Crippen molar-refractivity contribution in [3.05, 3.63) is 18.0 Å². The summed E-state index contributed by atoms with van der Waals surface area (Å²) in [6, 6.07) is 1.94. The molecule has 2 heterocycles. The van der Waals surface area contributed by atoms with Gasteiger partial charge in [0.2, 0.25) is 10.0 Å². The highest BCUT2D eigenvalue weighted by Gasteiger charge is 2.34. The van der Waals surface area contributed by atoms with Gasteiger partial charge in [0.15, 0.2) is 0 Å². The first-order valence-electron chi connectivity index (χ1n) is 4.97. The van der Waals surface area contributed by atoms with Gasteiger partial charge in [0.05, 0.1) is 18.0 Å². The van der Waals surface area contributed by atoms with Crippen molar-refractivity contribution in [2.24, 2.45) is 7.05 Å². The average Bonchev–Trinajstić information content (AvgIpc) is 2.65. The summed E-state index contributed by atoms with van der Waals surface area (Å²) in [5, 5.41) is 4.18. The Kier molecular flexibility index (Phi) is 2.56. The maximum atomic E-state index is 11.7. The standard InChI is InChI=1S/C9H15N3O2S/c1-8-4-6-15(13,14)12(8)7-9-3-5-11(2)10-9/h3,5,8H,4,6-7H2,1-2H3. The summed E-state index contributed by atoms with van der Waals surface area (Å²) in [5.74, 6) is 0.265. The van der Waals surface area contributed by atoms with E-state index in [1.807, 2.05) is 26.2 Å². The molecule has 1 saturated heterocycles. The van der Waals surface area contributed by atoms with Crippen LogP contribution in [0.4, 0.5) is 0 Å². The fourth-order valence-electron chi connectivity index (χ4n) is 1.82. The molecule has 1 atom stereocenters. The van der Waals surface area contributed by atoms with E-state index in [9.17, 15) is 8.42 Å². The summed E-state index contributed by atoms with van der Waals surface area (Å²) in [4.78, 5) is 0. The van der Waals surface area contributed by atoms with Gasteiger partial charge in [-0.15, -0.1) is 0 Å². The Morgan fingerprint density at radius 1 is 1.60 bits per heavy atom. The van der Waals surface area contributed by atoms with E-state index in [2.05, 4.69) is 5.10 Å². The summed E-state index contributed by atoms with van der Waals surface area (Å²) >= 11 is 0. The van der Waals surface area contributed by atoms with Gasteiger partial charge in [-0.1, -0.05) is 0 Å². The zero-order valence-corrected chi connectivity index (χ0v) is 9.74. The van der Waals surface area contributed by atoms with Gasteiger partial charge < -0.3 is 0 Å². The van der Waals surface area contributed by atoms with Crippen molar-refractivity contribution in [3.63, 3.8) is 0 Å². The number of hydrogen-bond acceptors (Lipinski definition) is 3. The van der Waals surface area contributed by atoms with Crippen LogP contribution in [0, 0.1) is 0 Å². The summed E-state index contributed by atoms with van der Waals surface area (Å²) in [6.45, 7) is 2.33. The Morgan fingerprint density at radius 2 is 2.33 bits per heavy atom. The zero-order chi connectivity index (χ0) is 11.1. The predicted octanol–water partition coefficient (Wildman–Crippen LogP) is 0.344. The lowest BCUT2D eigenvalue weighted by Crippen LogP contribution is -2.30. The van der Waals surface area contributed by atoms with E-state index in [1.54, 1.807) is 4.68 Å². The van der Waals surface area contributed by atoms with Crippen molar-refractivity contribution in [2.75, 3.05) is 5.75 Å². The molecule has 0 radical (unpaired) electrons. The third-order valence-electron chi connectivity index (χ3n) is 2.73. The SMILES string of the molecule is CC1CCS(=O)(=O)N1Cc1ccn(C)n1. The van der Waals surface area contributed by atoms with Crippen molar-refractivity contribution in [1.82, 2.24) is 14.1 Å². The predicted molar refractivity (Wildman–Crippen MR) is 56.6 cm³/mol. The first-order chi connectivity index (χ1) is 6.99. The van der Waals surface area contributed by atoms with Gasteiger partial charge in [-0.05, 0) is 19.4 Å². The summed E-state index contributed by atoms with van der Waals surface area (Å²) in [5.41, 5.74) is 0.801. The van der Waals surface area contributed by atoms with Gasteiger partial charge in [-0.3, -0.25) is 4.68 Å². The Labute approximate surface area is 89.7 Å². The summed E-state index contributed by atoms with van der Waals surface area (Å²) in [6.07, 6.45) is 2.54. The number of sulfonamides is 1. The lowest BCUT2D eigenvalue weighted by Gasteiger charge is -2.18. The molecular formula is C9H15N3O2S. The van der Waals surface area contributed by atoms with E-state index in [4.69, 9.17) is 0 Å². The number of aromatic nitrogens is 2. The molecule has 1 unspecified atom stereocenters. The second-order valence-corrected chi connectivity index (χ2v) is 6.02. The molecule has 1 aliphatic rings. The third-order valence-corrected chi connectivity index (χ3v) is 4.68. The third kappa shape index (κ3) is 2.05. The van der Waals surface area contributed by atoms with Crippen molar-refractivity contribution in [2.45, 2.75) is 25.9 Å². The highest BCUT2D eigenvalue weighted by Crippen LogP contribution is 2.22. The van der Waals surface area contributed by atoms with Crippen LogP contribution < -0.4 is 0 Å². The molecule has 0 N–H and O–H groups in total. The molecule has 0 aliphatic carbocycles. The van der Waals surface area contributed by atoms with Gasteiger partial charge in [-0.2, -0.15) is 9.40 Å². The first-order valence-corrected chi connectivity index (χ1v) is 6.58. The number of hydrogen-bond donors (Lipinski definition) is 0. The van der Waals surface area contributed by atoms with Crippen LogP contribution in [0.2, 0.25) is 0 Å². The second kappa shape index (κ2) is 3.61. The van der Waals surface area contributed by atoms with Gasteiger partial charge in [0.1, 0.15) is 0 Å². The lowest BCUT2D eigenvalue weighted by atomic mass is 10.2. The zero-order valence-electron chi connectivity index (χ0n) is 8.92. The van der Waals surface area contributed by atoms with E-state index in [-0.39, 0.29) is 11.8 Å². The second-order valence-electron chi connectivity index (χ2n) is 3.98. The summed E-state index contributed by atoms with van der Waals surface area (Å²) < 4.78 is 26.6. The lowest BCUT2D eigenvalue weighted by molar-refractivity contribution is 0.352. The number of aryl methyl sites for hydroxylation is 1. The monoisotopic (exact) mass is 229 g/mol. The molecule has 1 aromatic rings. The van der Waals surface area contributed by atoms with Gasteiger partial charge in [0.25, 0.3) is 0 Å². The van der Waals surface area contributed by atoms with Gasteiger partial charge >= 0.3 is 0 Å². The van der Waals surface area contributed by atoms with Crippen LogP contribution in [0.1, 0.15) is 19.0 Å². The highest BCUT2D eigenvalue weighted by molar-refractivity contribution is 7.89. The van der Waals surface area contributed by atoms with Crippen molar-refractivity contribution in [3.8, 4) is 0 Å². The molecule has 0 saturated carbocycles. The molecule has 1 aliphatic heterocycles. The maximum absolute atomic E-state index is 11.7. The fraction of sp³-hybridized carbons (Fsp3) is 0.667. The fourth-order valence-corrected chi connectivity index (χ4v) is 3.67. The summed E-state index contributed by atoms with van der Waals surface area (Å²) in [7, 11) is -1.22. The maximum Gasteiger partial charge on any atom is 0.214 e. The van der Waals surface area contributed by atoms with Crippen LogP contribution in [0.15, 0.2) is 12.3 Å². The van der Waals surface area contributed by atoms with Gasteiger partial charge in [0, 0.05) is 19.3 Å². The number of nitrogens with zero attached hydrogens (tertiary/aromatic N) is 3. The molecule has 6 heteroatoms. The quantitative estimate of drug-likeness (QED) is 0.735. The number of rotatable bonds is 2. The van der Waals surface area contributed by atoms with Crippen LogP contribution in [-0.2, 0) is 23.6 Å². The van der Waals surface area contributed by atoms with E-state index < -0.39 is 10.0 Å². The minimum absolute atomic E-state index is 0.0945. The Hall–Kier alpha value is -0.880. The minimum Gasteiger partial charge on any atom is -0.276 e. The molecule has 5 nitrogen and oxygen atoms in total. The average molecular weight is 229 g/mol. The Balaban J connectivity index is 2.18. The molecule has 1 fully saturated rings. The van der Waals surface area contributed by atoms with Gasteiger partial charge in [-0.25, -0.2) is 8.42 Å². The van der Waals surface area contributed by atoms with Crippen LogP contribution in [0.3, 0.4) is 0 Å². The van der Waals surface area contributed by atoms with E-state index in [0.717, 1.165) is 12.1 Å². The van der Waals surface area contributed by atoms with Crippen LogP contribution in [0.5, 0.6) is 0 Å².